The molecule has 0 bridgehead atoms. The maximum absolute atomic E-state index is 11.4. The first kappa shape index (κ1) is 17.2. The zero-order valence-electron chi connectivity index (χ0n) is 11.7. The van der Waals surface area contributed by atoms with Crippen LogP contribution in [0, 0.1) is 0 Å². The van der Waals surface area contributed by atoms with Crippen LogP contribution in [0.4, 0.5) is 4.79 Å². The number of hydrogen-bond donors (Lipinski definition) is 2. The summed E-state index contributed by atoms with van der Waals surface area (Å²) in [6.07, 6.45) is -0.252. The van der Waals surface area contributed by atoms with Gasteiger partial charge in [0.1, 0.15) is 11.6 Å². The lowest BCUT2D eigenvalue weighted by atomic mass is 10.1. The molecule has 0 saturated heterocycles. The van der Waals surface area contributed by atoms with E-state index in [1.807, 2.05) is 0 Å². The molecule has 1 atom stereocenters. The summed E-state index contributed by atoms with van der Waals surface area (Å²) in [5, 5.41) is 11.2. The van der Waals surface area contributed by atoms with Gasteiger partial charge in [0.25, 0.3) is 0 Å². The lowest BCUT2D eigenvalue weighted by Crippen LogP contribution is -2.43. The van der Waals surface area contributed by atoms with Crippen LogP contribution < -0.4 is 5.32 Å². The number of carbonyl (C=O) groups is 3. The zero-order valence-corrected chi connectivity index (χ0v) is 11.7. The van der Waals surface area contributed by atoms with E-state index in [1.165, 1.54) is 7.11 Å². The number of hydrogen-bond acceptors (Lipinski definition) is 5. The average molecular weight is 275 g/mol. The van der Waals surface area contributed by atoms with Crippen molar-refractivity contribution in [3.05, 3.63) is 0 Å². The van der Waals surface area contributed by atoms with E-state index in [0.29, 0.717) is 6.42 Å². The van der Waals surface area contributed by atoms with Gasteiger partial charge in [-0.1, -0.05) is 0 Å². The molecule has 0 spiro atoms. The van der Waals surface area contributed by atoms with Crippen molar-refractivity contribution in [3.8, 4) is 0 Å². The average Bonchev–Trinajstić information content (AvgIpc) is 2.24. The molecule has 0 radical (unpaired) electrons. The molecule has 0 aliphatic carbocycles. The van der Waals surface area contributed by atoms with Gasteiger partial charge in [0.05, 0.1) is 7.11 Å². The molecule has 0 fully saturated rings. The van der Waals surface area contributed by atoms with Gasteiger partial charge in [-0.2, -0.15) is 0 Å². The number of rotatable bonds is 6. The summed E-state index contributed by atoms with van der Waals surface area (Å²) in [5.74, 6) is -1.59. The van der Waals surface area contributed by atoms with E-state index >= 15 is 0 Å². The first-order valence-electron chi connectivity index (χ1n) is 5.95. The van der Waals surface area contributed by atoms with Crippen LogP contribution in [0.25, 0.3) is 0 Å². The Morgan fingerprint density at radius 3 is 2.26 bits per heavy atom. The smallest absolute Gasteiger partial charge is 0.408 e. The SMILES string of the molecule is COC(=O)CCC[C@@H](NC(=O)OC(C)(C)C)C(=O)O. The minimum atomic E-state index is -1.17. The number of carboxylic acid groups (broad SMARTS) is 1. The number of ether oxygens (including phenoxy) is 2. The van der Waals surface area contributed by atoms with Crippen molar-refractivity contribution >= 4 is 18.0 Å². The summed E-state index contributed by atoms with van der Waals surface area (Å²) in [6, 6.07) is -1.08. The molecule has 19 heavy (non-hydrogen) atoms. The highest BCUT2D eigenvalue weighted by Gasteiger charge is 2.23. The van der Waals surface area contributed by atoms with E-state index in [4.69, 9.17) is 9.84 Å². The number of alkyl carbamates (subject to hydrolysis) is 1. The molecule has 0 rings (SSSR count). The summed E-state index contributed by atoms with van der Waals surface area (Å²) in [4.78, 5) is 33.3. The number of aliphatic carboxylic acids is 1. The molecule has 2 N–H and O–H groups in total. The van der Waals surface area contributed by atoms with Crippen molar-refractivity contribution < 1.29 is 29.0 Å². The van der Waals surface area contributed by atoms with E-state index in [-0.39, 0.29) is 12.8 Å². The number of amides is 1. The fraction of sp³-hybridized carbons (Fsp3) is 0.750. The second kappa shape index (κ2) is 7.60. The van der Waals surface area contributed by atoms with Crippen molar-refractivity contribution in [2.45, 2.75) is 51.7 Å². The molecule has 0 aromatic carbocycles. The summed E-state index contributed by atoms with van der Waals surface area (Å²) in [6.45, 7) is 5.04. The van der Waals surface area contributed by atoms with Gasteiger partial charge in [-0.15, -0.1) is 0 Å². The molecule has 0 heterocycles. The number of carboxylic acids is 1. The van der Waals surface area contributed by atoms with Gasteiger partial charge >= 0.3 is 18.0 Å². The normalized spacial score (nSPS) is 12.4. The molecule has 0 aliphatic heterocycles. The van der Waals surface area contributed by atoms with Gasteiger partial charge in [0, 0.05) is 6.42 Å². The van der Waals surface area contributed by atoms with Crippen LogP contribution in [0.3, 0.4) is 0 Å². The maximum atomic E-state index is 11.4. The quantitative estimate of drug-likeness (QED) is 0.708. The van der Waals surface area contributed by atoms with Gasteiger partial charge in [-0.25, -0.2) is 9.59 Å². The standard InChI is InChI=1S/C12H21NO6/c1-12(2,3)19-11(17)13-8(10(15)16)6-5-7-9(14)18-4/h8H,5-7H2,1-4H3,(H,13,17)(H,15,16)/t8-/m1/s1. The Bertz CT molecular complexity index is 334. The molecule has 0 aliphatic rings. The fourth-order valence-electron chi connectivity index (χ4n) is 1.26. The van der Waals surface area contributed by atoms with Crippen LogP contribution in [-0.4, -0.2) is 41.9 Å². The number of methoxy groups -OCH3 is 1. The highest BCUT2D eigenvalue weighted by Crippen LogP contribution is 2.08. The van der Waals surface area contributed by atoms with Gasteiger partial charge in [0.15, 0.2) is 0 Å². The number of esters is 1. The topological polar surface area (TPSA) is 102 Å². The predicted molar refractivity (Wildman–Crippen MR) is 66.7 cm³/mol. The summed E-state index contributed by atoms with van der Waals surface area (Å²) in [7, 11) is 1.26. The van der Waals surface area contributed by atoms with Crippen LogP contribution >= 0.6 is 0 Å². The molecule has 110 valence electrons. The van der Waals surface area contributed by atoms with E-state index < -0.39 is 29.7 Å². The van der Waals surface area contributed by atoms with Gasteiger partial charge in [0.2, 0.25) is 0 Å². The fourth-order valence-corrected chi connectivity index (χ4v) is 1.26. The van der Waals surface area contributed by atoms with E-state index in [0.717, 1.165) is 0 Å². The lowest BCUT2D eigenvalue weighted by Gasteiger charge is -2.21. The highest BCUT2D eigenvalue weighted by molar-refractivity contribution is 5.80. The van der Waals surface area contributed by atoms with Gasteiger partial charge < -0.3 is 19.9 Å². The Kier molecular flexibility index (Phi) is 6.89. The van der Waals surface area contributed by atoms with E-state index in [9.17, 15) is 14.4 Å². The predicted octanol–water partition coefficient (Wildman–Crippen LogP) is 1.31. The van der Waals surface area contributed by atoms with Crippen molar-refractivity contribution in [2.24, 2.45) is 0 Å². The van der Waals surface area contributed by atoms with Crippen LogP contribution in [0.1, 0.15) is 40.0 Å². The van der Waals surface area contributed by atoms with Crippen LogP contribution in [-0.2, 0) is 19.1 Å². The Morgan fingerprint density at radius 1 is 1.26 bits per heavy atom. The Balaban J connectivity index is 4.23. The molecular formula is C12H21NO6. The molecule has 7 nitrogen and oxygen atoms in total. The van der Waals surface area contributed by atoms with Crippen LogP contribution in [0.15, 0.2) is 0 Å². The summed E-state index contributed by atoms with van der Waals surface area (Å²) in [5.41, 5.74) is -0.695. The molecule has 0 saturated carbocycles. The van der Waals surface area contributed by atoms with Crippen LogP contribution in [0.5, 0.6) is 0 Å². The van der Waals surface area contributed by atoms with Gasteiger partial charge in [-0.05, 0) is 33.6 Å². The van der Waals surface area contributed by atoms with E-state index in [1.54, 1.807) is 20.8 Å². The zero-order chi connectivity index (χ0) is 15.1. The summed E-state index contributed by atoms with van der Waals surface area (Å²) < 4.78 is 9.40. The first-order chi connectivity index (χ1) is 8.65. The van der Waals surface area contributed by atoms with Gasteiger partial charge in [-0.3, -0.25) is 4.79 Å². The van der Waals surface area contributed by atoms with Crippen molar-refractivity contribution in [2.75, 3.05) is 7.11 Å². The molecular weight excluding hydrogens is 254 g/mol. The molecule has 0 unspecified atom stereocenters. The second-order valence-corrected chi connectivity index (χ2v) is 5.01. The number of nitrogens with one attached hydrogen (secondary N) is 1. The molecule has 0 aromatic rings. The number of carbonyl (C=O) groups excluding carboxylic acids is 2. The maximum Gasteiger partial charge on any atom is 0.408 e. The molecule has 0 aromatic heterocycles. The lowest BCUT2D eigenvalue weighted by molar-refractivity contribution is -0.142. The van der Waals surface area contributed by atoms with Crippen molar-refractivity contribution in [1.82, 2.24) is 5.32 Å². The largest absolute Gasteiger partial charge is 0.480 e. The molecule has 7 heteroatoms. The highest BCUT2D eigenvalue weighted by atomic mass is 16.6. The first-order valence-corrected chi connectivity index (χ1v) is 5.95. The minimum absolute atomic E-state index is 0.107. The summed E-state index contributed by atoms with van der Waals surface area (Å²) >= 11 is 0. The molecule has 1 amide bonds. The van der Waals surface area contributed by atoms with Crippen molar-refractivity contribution in [1.29, 1.82) is 0 Å². The second-order valence-electron chi connectivity index (χ2n) is 5.01. The van der Waals surface area contributed by atoms with Crippen molar-refractivity contribution in [3.63, 3.8) is 0 Å². The third kappa shape index (κ3) is 8.87. The third-order valence-corrected chi connectivity index (χ3v) is 2.09. The Hall–Kier alpha value is -1.79. The van der Waals surface area contributed by atoms with Crippen LogP contribution in [0.2, 0.25) is 0 Å². The Labute approximate surface area is 112 Å². The third-order valence-electron chi connectivity index (χ3n) is 2.09. The monoisotopic (exact) mass is 275 g/mol. The minimum Gasteiger partial charge on any atom is -0.480 e. The van der Waals surface area contributed by atoms with E-state index in [2.05, 4.69) is 10.1 Å². The Morgan fingerprint density at radius 2 is 1.84 bits per heavy atom.